The summed E-state index contributed by atoms with van der Waals surface area (Å²) in [4.78, 5) is 0. The molecule has 2 nitrogen and oxygen atoms in total. The fourth-order valence-corrected chi connectivity index (χ4v) is 2.93. The average molecular weight is 428 g/mol. The lowest BCUT2D eigenvalue weighted by molar-refractivity contribution is 0.634. The third-order valence-corrected chi connectivity index (χ3v) is 4.67. The minimum Gasteiger partial charge on any atom is -0.271 e. The standard InChI is InChI=1S/C13H10Cl3IN2/c14-8-2-4-12(17)9(6-8)13(19-18)7-1-3-10(15)11(16)5-7/h1-6,13,19H,18H2. The number of hydrazine groups is 1. The van der Waals surface area contributed by atoms with Gasteiger partial charge in [-0.15, -0.1) is 0 Å². The van der Waals surface area contributed by atoms with E-state index >= 15 is 0 Å². The van der Waals surface area contributed by atoms with E-state index in [2.05, 4.69) is 28.0 Å². The molecule has 0 aliphatic heterocycles. The van der Waals surface area contributed by atoms with Crippen LogP contribution in [-0.2, 0) is 0 Å². The molecule has 3 N–H and O–H groups in total. The molecule has 0 bridgehead atoms. The van der Waals surface area contributed by atoms with Crippen LogP contribution in [0.4, 0.5) is 0 Å². The molecule has 0 fully saturated rings. The van der Waals surface area contributed by atoms with Gasteiger partial charge in [-0.3, -0.25) is 5.84 Å². The highest BCUT2D eigenvalue weighted by Gasteiger charge is 2.16. The Hall–Kier alpha value is -0.0400. The van der Waals surface area contributed by atoms with Crippen molar-refractivity contribution in [3.8, 4) is 0 Å². The van der Waals surface area contributed by atoms with Crippen LogP contribution in [0.25, 0.3) is 0 Å². The molecule has 0 aliphatic carbocycles. The first kappa shape index (κ1) is 15.4. The Balaban J connectivity index is 2.49. The second-order valence-corrected chi connectivity index (χ2v) is 6.35. The molecular weight excluding hydrogens is 417 g/mol. The maximum atomic E-state index is 6.04. The number of halogens is 4. The van der Waals surface area contributed by atoms with Crippen LogP contribution in [0.1, 0.15) is 17.2 Å². The van der Waals surface area contributed by atoms with Crippen LogP contribution in [0.3, 0.4) is 0 Å². The van der Waals surface area contributed by atoms with Gasteiger partial charge in [0.2, 0.25) is 0 Å². The molecule has 2 aromatic carbocycles. The Morgan fingerprint density at radius 2 is 1.74 bits per heavy atom. The van der Waals surface area contributed by atoms with Gasteiger partial charge in [0.15, 0.2) is 0 Å². The fraction of sp³-hybridized carbons (Fsp3) is 0.0769. The Labute approximate surface area is 140 Å². The molecule has 0 aromatic heterocycles. The van der Waals surface area contributed by atoms with E-state index in [9.17, 15) is 0 Å². The van der Waals surface area contributed by atoms with Crippen LogP contribution in [-0.4, -0.2) is 0 Å². The van der Waals surface area contributed by atoms with E-state index in [0.717, 1.165) is 14.7 Å². The molecule has 0 heterocycles. The first-order chi connectivity index (χ1) is 9.02. The second-order valence-electron chi connectivity index (χ2n) is 3.94. The van der Waals surface area contributed by atoms with Gasteiger partial charge in [-0.05, 0) is 64.0 Å². The molecule has 0 amide bonds. The summed E-state index contributed by atoms with van der Waals surface area (Å²) in [6.07, 6.45) is 0. The van der Waals surface area contributed by atoms with Crippen molar-refractivity contribution in [1.29, 1.82) is 0 Å². The lowest BCUT2D eigenvalue weighted by Gasteiger charge is -2.19. The van der Waals surface area contributed by atoms with Gasteiger partial charge in [-0.2, -0.15) is 0 Å². The number of nitrogens with one attached hydrogen (secondary N) is 1. The van der Waals surface area contributed by atoms with Gasteiger partial charge < -0.3 is 0 Å². The highest BCUT2D eigenvalue weighted by Crippen LogP contribution is 2.31. The van der Waals surface area contributed by atoms with E-state index in [1.165, 1.54) is 0 Å². The van der Waals surface area contributed by atoms with Crippen LogP contribution < -0.4 is 11.3 Å². The zero-order valence-electron chi connectivity index (χ0n) is 9.63. The summed E-state index contributed by atoms with van der Waals surface area (Å²) in [6, 6.07) is 10.9. The average Bonchev–Trinajstić information content (AvgIpc) is 2.38. The second kappa shape index (κ2) is 6.61. The fourth-order valence-electron chi connectivity index (χ4n) is 1.79. The molecule has 0 spiro atoms. The molecule has 2 aromatic rings. The van der Waals surface area contributed by atoms with Gasteiger partial charge >= 0.3 is 0 Å². The predicted octanol–water partition coefficient (Wildman–Crippen LogP) is 4.80. The first-order valence-corrected chi connectivity index (χ1v) is 7.60. The predicted molar refractivity (Wildman–Crippen MR) is 89.8 cm³/mol. The van der Waals surface area contributed by atoms with Crippen LogP contribution in [0.5, 0.6) is 0 Å². The molecule has 0 saturated heterocycles. The van der Waals surface area contributed by atoms with Crippen molar-refractivity contribution in [2.75, 3.05) is 0 Å². The Morgan fingerprint density at radius 3 is 2.37 bits per heavy atom. The molecule has 6 heteroatoms. The Bertz CT molecular complexity index is 604. The van der Waals surface area contributed by atoms with E-state index in [1.54, 1.807) is 12.1 Å². The lowest BCUT2D eigenvalue weighted by Crippen LogP contribution is -2.29. The highest BCUT2D eigenvalue weighted by molar-refractivity contribution is 14.1. The lowest BCUT2D eigenvalue weighted by atomic mass is 9.99. The van der Waals surface area contributed by atoms with Crippen molar-refractivity contribution in [2.45, 2.75) is 6.04 Å². The smallest absolute Gasteiger partial charge is 0.0721 e. The molecule has 0 aliphatic rings. The summed E-state index contributed by atoms with van der Waals surface area (Å²) in [5, 5.41) is 1.68. The van der Waals surface area contributed by atoms with Crippen LogP contribution in [0.2, 0.25) is 15.1 Å². The van der Waals surface area contributed by atoms with Gasteiger partial charge in [0.05, 0.1) is 16.1 Å². The third kappa shape index (κ3) is 3.54. The normalized spacial score (nSPS) is 12.5. The van der Waals surface area contributed by atoms with Crippen LogP contribution in [0, 0.1) is 3.57 Å². The van der Waals surface area contributed by atoms with E-state index < -0.39 is 0 Å². The van der Waals surface area contributed by atoms with E-state index in [-0.39, 0.29) is 6.04 Å². The molecule has 0 radical (unpaired) electrons. The number of nitrogens with two attached hydrogens (primary N) is 1. The molecule has 0 saturated carbocycles. The van der Waals surface area contributed by atoms with E-state index in [4.69, 9.17) is 40.6 Å². The molecular formula is C13H10Cl3IN2. The number of hydrogen-bond acceptors (Lipinski definition) is 2. The number of rotatable bonds is 3. The monoisotopic (exact) mass is 426 g/mol. The van der Waals surface area contributed by atoms with Crippen molar-refractivity contribution < 1.29 is 0 Å². The van der Waals surface area contributed by atoms with Crippen molar-refractivity contribution in [3.05, 3.63) is 66.2 Å². The molecule has 1 unspecified atom stereocenters. The summed E-state index contributed by atoms with van der Waals surface area (Å²) in [7, 11) is 0. The largest absolute Gasteiger partial charge is 0.271 e. The van der Waals surface area contributed by atoms with E-state index in [1.807, 2.05) is 24.3 Å². The topological polar surface area (TPSA) is 38.0 Å². The summed E-state index contributed by atoms with van der Waals surface area (Å²) in [5.41, 5.74) is 4.71. The van der Waals surface area contributed by atoms with Crippen LogP contribution in [0.15, 0.2) is 36.4 Å². The SMILES string of the molecule is NNC(c1ccc(Cl)c(Cl)c1)c1cc(Cl)ccc1I. The summed E-state index contributed by atoms with van der Waals surface area (Å²) in [6.45, 7) is 0. The molecule has 1 atom stereocenters. The summed E-state index contributed by atoms with van der Waals surface area (Å²) in [5.74, 6) is 5.67. The number of benzene rings is 2. The van der Waals surface area contributed by atoms with Gasteiger partial charge in [0.1, 0.15) is 0 Å². The third-order valence-electron chi connectivity index (χ3n) is 2.71. The maximum absolute atomic E-state index is 6.04. The van der Waals surface area contributed by atoms with Crippen molar-refractivity contribution in [2.24, 2.45) is 5.84 Å². The zero-order chi connectivity index (χ0) is 14.0. The van der Waals surface area contributed by atoms with Gasteiger partial charge in [-0.25, -0.2) is 5.43 Å². The van der Waals surface area contributed by atoms with Gasteiger partial charge in [-0.1, -0.05) is 40.9 Å². The van der Waals surface area contributed by atoms with Crippen molar-refractivity contribution in [3.63, 3.8) is 0 Å². The molecule has 19 heavy (non-hydrogen) atoms. The minimum absolute atomic E-state index is 0.194. The van der Waals surface area contributed by atoms with Gasteiger partial charge in [0.25, 0.3) is 0 Å². The molecule has 2 rings (SSSR count). The Morgan fingerprint density at radius 1 is 1.00 bits per heavy atom. The number of hydrogen-bond donors (Lipinski definition) is 2. The van der Waals surface area contributed by atoms with Crippen LogP contribution >= 0.6 is 57.4 Å². The summed E-state index contributed by atoms with van der Waals surface area (Å²) >= 11 is 20.3. The van der Waals surface area contributed by atoms with Gasteiger partial charge in [0, 0.05) is 8.59 Å². The van der Waals surface area contributed by atoms with Crippen molar-refractivity contribution >= 4 is 57.4 Å². The van der Waals surface area contributed by atoms with E-state index in [0.29, 0.717) is 15.1 Å². The minimum atomic E-state index is -0.194. The Kier molecular flexibility index (Phi) is 5.34. The van der Waals surface area contributed by atoms with Crippen molar-refractivity contribution in [1.82, 2.24) is 5.43 Å². The first-order valence-electron chi connectivity index (χ1n) is 5.39. The highest BCUT2D eigenvalue weighted by atomic mass is 127. The quantitative estimate of drug-likeness (QED) is 0.419. The maximum Gasteiger partial charge on any atom is 0.0721 e. The zero-order valence-corrected chi connectivity index (χ0v) is 14.1. The summed E-state index contributed by atoms with van der Waals surface area (Å²) < 4.78 is 1.07. The molecule has 100 valence electrons.